The van der Waals surface area contributed by atoms with E-state index in [-0.39, 0.29) is 5.78 Å². The van der Waals surface area contributed by atoms with Crippen LogP contribution in [0.25, 0.3) is 0 Å². The Morgan fingerprint density at radius 3 is 2.20 bits per heavy atom. The van der Waals surface area contributed by atoms with Gasteiger partial charge in [0.25, 0.3) is 0 Å². The van der Waals surface area contributed by atoms with Crippen LogP contribution in [-0.2, 0) is 0 Å². The normalized spacial score (nSPS) is 10.2. The molecule has 0 heterocycles. The molecule has 0 aliphatic carbocycles. The summed E-state index contributed by atoms with van der Waals surface area (Å²) >= 11 is 9.42. The maximum atomic E-state index is 12.5. The molecule has 20 heavy (non-hydrogen) atoms. The van der Waals surface area contributed by atoms with Gasteiger partial charge in [0.05, 0.1) is 19.2 Å². The molecular formula is C15H12BrClO3. The largest absolute Gasteiger partial charge is 0.497 e. The van der Waals surface area contributed by atoms with E-state index in [1.165, 1.54) is 14.2 Å². The molecule has 0 radical (unpaired) electrons. The van der Waals surface area contributed by atoms with Crippen LogP contribution in [0.15, 0.2) is 40.9 Å². The summed E-state index contributed by atoms with van der Waals surface area (Å²) < 4.78 is 11.1. The number of carbonyl (C=O) groups is 1. The summed E-state index contributed by atoms with van der Waals surface area (Å²) in [6.07, 6.45) is 0. The van der Waals surface area contributed by atoms with E-state index in [4.69, 9.17) is 21.1 Å². The highest BCUT2D eigenvalue weighted by Gasteiger charge is 2.15. The van der Waals surface area contributed by atoms with E-state index < -0.39 is 0 Å². The molecule has 0 N–H and O–H groups in total. The zero-order valence-electron chi connectivity index (χ0n) is 10.9. The van der Waals surface area contributed by atoms with Crippen LogP contribution < -0.4 is 9.47 Å². The van der Waals surface area contributed by atoms with E-state index in [9.17, 15) is 4.79 Å². The molecule has 2 aromatic rings. The smallest absolute Gasteiger partial charge is 0.194 e. The standard InChI is InChI=1S/C15H12BrClO3/c1-19-11-5-9(6-12(8-11)20-2)15(18)13-7-10(16)3-4-14(13)17/h3-8H,1-2H3. The molecule has 0 aliphatic heterocycles. The van der Waals surface area contributed by atoms with Gasteiger partial charge in [0.2, 0.25) is 0 Å². The van der Waals surface area contributed by atoms with Crippen molar-refractivity contribution < 1.29 is 14.3 Å². The van der Waals surface area contributed by atoms with Crippen LogP contribution in [0.4, 0.5) is 0 Å². The summed E-state index contributed by atoms with van der Waals surface area (Å²) in [5.74, 6) is 0.922. The van der Waals surface area contributed by atoms with Gasteiger partial charge < -0.3 is 9.47 Å². The Kier molecular flexibility index (Phi) is 4.68. The lowest BCUT2D eigenvalue weighted by Gasteiger charge is -2.09. The SMILES string of the molecule is COc1cc(OC)cc(C(=O)c2cc(Br)ccc2Cl)c1. The van der Waals surface area contributed by atoms with E-state index in [1.807, 2.05) is 0 Å². The molecule has 0 spiro atoms. The Morgan fingerprint density at radius 1 is 1.05 bits per heavy atom. The molecule has 5 heteroatoms. The second-order valence-corrected chi connectivity index (χ2v) is 5.38. The van der Waals surface area contributed by atoms with Gasteiger partial charge in [-0.15, -0.1) is 0 Å². The summed E-state index contributed by atoms with van der Waals surface area (Å²) in [6.45, 7) is 0. The Bertz CT molecular complexity index is 633. The molecule has 0 amide bonds. The van der Waals surface area contributed by atoms with E-state index in [0.717, 1.165) is 4.47 Å². The van der Waals surface area contributed by atoms with Crippen molar-refractivity contribution >= 4 is 33.3 Å². The van der Waals surface area contributed by atoms with Crippen molar-refractivity contribution in [1.29, 1.82) is 0 Å². The van der Waals surface area contributed by atoms with Crippen LogP contribution >= 0.6 is 27.5 Å². The highest BCUT2D eigenvalue weighted by Crippen LogP contribution is 2.28. The van der Waals surface area contributed by atoms with Crippen LogP contribution in [0.5, 0.6) is 11.5 Å². The lowest BCUT2D eigenvalue weighted by molar-refractivity contribution is 0.103. The molecule has 0 aromatic heterocycles. The third-order valence-electron chi connectivity index (χ3n) is 2.79. The fourth-order valence-corrected chi connectivity index (χ4v) is 2.33. The van der Waals surface area contributed by atoms with Gasteiger partial charge in [0.1, 0.15) is 11.5 Å². The van der Waals surface area contributed by atoms with Gasteiger partial charge in [-0.2, -0.15) is 0 Å². The minimum absolute atomic E-state index is 0.187. The topological polar surface area (TPSA) is 35.5 Å². The second-order valence-electron chi connectivity index (χ2n) is 4.05. The molecule has 0 fully saturated rings. The van der Waals surface area contributed by atoms with Crippen molar-refractivity contribution in [3.05, 3.63) is 57.0 Å². The average Bonchev–Trinajstić information content (AvgIpc) is 2.48. The zero-order valence-corrected chi connectivity index (χ0v) is 13.3. The number of halogens is 2. The van der Waals surface area contributed by atoms with Crippen LogP contribution in [-0.4, -0.2) is 20.0 Å². The number of hydrogen-bond acceptors (Lipinski definition) is 3. The predicted octanol–water partition coefficient (Wildman–Crippen LogP) is 4.35. The Balaban J connectivity index is 2.50. The number of carbonyl (C=O) groups excluding carboxylic acids is 1. The molecule has 0 unspecified atom stereocenters. The van der Waals surface area contributed by atoms with Crippen LogP contribution in [0, 0.1) is 0 Å². The van der Waals surface area contributed by atoms with Gasteiger partial charge in [-0.25, -0.2) is 0 Å². The lowest BCUT2D eigenvalue weighted by Crippen LogP contribution is -2.03. The van der Waals surface area contributed by atoms with E-state index >= 15 is 0 Å². The number of rotatable bonds is 4. The Labute approximate surface area is 130 Å². The fraction of sp³-hybridized carbons (Fsp3) is 0.133. The molecule has 0 saturated carbocycles. The van der Waals surface area contributed by atoms with Gasteiger partial charge in [0.15, 0.2) is 5.78 Å². The lowest BCUT2D eigenvalue weighted by atomic mass is 10.0. The van der Waals surface area contributed by atoms with Crippen molar-refractivity contribution in [3.8, 4) is 11.5 Å². The minimum atomic E-state index is -0.187. The van der Waals surface area contributed by atoms with Crippen LogP contribution in [0.3, 0.4) is 0 Å². The van der Waals surface area contributed by atoms with Gasteiger partial charge in [-0.05, 0) is 30.3 Å². The van der Waals surface area contributed by atoms with Crippen molar-refractivity contribution in [2.24, 2.45) is 0 Å². The predicted molar refractivity (Wildman–Crippen MR) is 82.1 cm³/mol. The first-order chi connectivity index (χ1) is 9.55. The quantitative estimate of drug-likeness (QED) is 0.765. The van der Waals surface area contributed by atoms with Gasteiger partial charge in [0, 0.05) is 21.7 Å². The zero-order chi connectivity index (χ0) is 14.7. The summed E-state index contributed by atoms with van der Waals surface area (Å²) in [5, 5.41) is 0.403. The number of ketones is 1. The molecule has 0 atom stereocenters. The highest BCUT2D eigenvalue weighted by molar-refractivity contribution is 9.10. The van der Waals surface area contributed by atoms with Crippen LogP contribution in [0.1, 0.15) is 15.9 Å². The third-order valence-corrected chi connectivity index (χ3v) is 3.61. The molecule has 2 rings (SSSR count). The van der Waals surface area contributed by atoms with Crippen LogP contribution in [0.2, 0.25) is 5.02 Å². The number of benzene rings is 2. The first-order valence-electron chi connectivity index (χ1n) is 5.78. The summed E-state index contributed by atoms with van der Waals surface area (Å²) in [4.78, 5) is 12.5. The summed E-state index contributed by atoms with van der Waals surface area (Å²) in [5.41, 5.74) is 0.887. The number of hydrogen-bond donors (Lipinski definition) is 0. The van der Waals surface area contributed by atoms with Crippen molar-refractivity contribution in [3.63, 3.8) is 0 Å². The summed E-state index contributed by atoms with van der Waals surface area (Å²) in [6, 6.07) is 10.2. The number of methoxy groups -OCH3 is 2. The van der Waals surface area contributed by atoms with Gasteiger partial charge in [-0.3, -0.25) is 4.79 Å². The van der Waals surface area contributed by atoms with E-state index in [2.05, 4.69) is 15.9 Å². The van der Waals surface area contributed by atoms with Crippen molar-refractivity contribution in [2.45, 2.75) is 0 Å². The molecular weight excluding hydrogens is 344 g/mol. The Morgan fingerprint density at radius 2 is 1.65 bits per heavy atom. The summed E-state index contributed by atoms with van der Waals surface area (Å²) in [7, 11) is 3.07. The molecule has 3 nitrogen and oxygen atoms in total. The van der Waals surface area contributed by atoms with E-state index in [1.54, 1.807) is 36.4 Å². The monoisotopic (exact) mass is 354 g/mol. The fourth-order valence-electron chi connectivity index (χ4n) is 1.77. The maximum Gasteiger partial charge on any atom is 0.194 e. The highest BCUT2D eigenvalue weighted by atomic mass is 79.9. The third kappa shape index (κ3) is 3.14. The molecule has 0 saturated heterocycles. The molecule has 2 aromatic carbocycles. The first-order valence-corrected chi connectivity index (χ1v) is 6.95. The van der Waals surface area contributed by atoms with Crippen molar-refractivity contribution in [2.75, 3.05) is 14.2 Å². The minimum Gasteiger partial charge on any atom is -0.497 e. The Hall–Kier alpha value is -1.52. The molecule has 0 bridgehead atoms. The molecule has 104 valence electrons. The van der Waals surface area contributed by atoms with E-state index in [0.29, 0.717) is 27.6 Å². The average molecular weight is 356 g/mol. The van der Waals surface area contributed by atoms with Gasteiger partial charge in [-0.1, -0.05) is 27.5 Å². The maximum absolute atomic E-state index is 12.5. The molecule has 0 aliphatic rings. The van der Waals surface area contributed by atoms with Gasteiger partial charge >= 0.3 is 0 Å². The van der Waals surface area contributed by atoms with Crippen molar-refractivity contribution in [1.82, 2.24) is 0 Å². The second kappa shape index (κ2) is 6.29. The number of ether oxygens (including phenoxy) is 2. The first kappa shape index (κ1) is 14.9.